The molecule has 0 fully saturated rings. The van der Waals surface area contributed by atoms with E-state index in [1.54, 1.807) is 41.5 Å². The van der Waals surface area contributed by atoms with E-state index in [1.807, 2.05) is 0 Å². The molecule has 0 unspecified atom stereocenters. The predicted octanol–water partition coefficient (Wildman–Crippen LogP) is 5.92. The van der Waals surface area contributed by atoms with E-state index in [-0.39, 0.29) is 17.5 Å². The lowest BCUT2D eigenvalue weighted by atomic mass is 10.2. The molecule has 0 aliphatic carbocycles. The van der Waals surface area contributed by atoms with Crippen molar-refractivity contribution >= 4 is 29.6 Å². The van der Waals surface area contributed by atoms with Crippen molar-refractivity contribution in [2.45, 2.75) is 58.9 Å². The van der Waals surface area contributed by atoms with Crippen LogP contribution < -0.4 is 10.2 Å². The minimum absolute atomic E-state index is 0.0561. The van der Waals surface area contributed by atoms with E-state index in [1.165, 1.54) is 24.4 Å². The molecule has 1 aromatic carbocycles. The molecular weight excluding hydrogens is 429 g/mol. The van der Waals surface area contributed by atoms with Gasteiger partial charge in [-0.05, 0) is 65.8 Å². The summed E-state index contributed by atoms with van der Waals surface area (Å²) in [7, 11) is 0. The maximum atomic E-state index is 12.7. The van der Waals surface area contributed by atoms with E-state index in [0.717, 1.165) is 12.1 Å². The maximum absolute atomic E-state index is 12.7. The van der Waals surface area contributed by atoms with Gasteiger partial charge in [0.25, 0.3) is 0 Å². The summed E-state index contributed by atoms with van der Waals surface area (Å²) in [4.78, 5) is 34.1. The number of carbonyl (C=O) groups excluding carboxylic acids is 2. The smallest absolute Gasteiger partial charge is 0.425 e. The fourth-order valence-electron chi connectivity index (χ4n) is 2.28. The van der Waals surface area contributed by atoms with Crippen LogP contribution in [0.3, 0.4) is 0 Å². The zero-order chi connectivity index (χ0) is 24.3. The first-order valence-electron chi connectivity index (χ1n) is 9.58. The van der Waals surface area contributed by atoms with Gasteiger partial charge >= 0.3 is 18.4 Å². The van der Waals surface area contributed by atoms with E-state index in [4.69, 9.17) is 9.47 Å². The molecule has 0 aliphatic rings. The van der Waals surface area contributed by atoms with Crippen molar-refractivity contribution in [1.82, 2.24) is 9.97 Å². The molecule has 0 atom stereocenters. The van der Waals surface area contributed by atoms with Crippen molar-refractivity contribution in [1.29, 1.82) is 0 Å². The first-order valence-corrected chi connectivity index (χ1v) is 9.58. The summed E-state index contributed by atoms with van der Waals surface area (Å²) in [6.07, 6.45) is -5.20. The van der Waals surface area contributed by atoms with E-state index in [2.05, 4.69) is 15.3 Å². The van der Waals surface area contributed by atoms with Gasteiger partial charge in [-0.15, -0.1) is 0 Å². The van der Waals surface area contributed by atoms with E-state index < -0.39 is 35.1 Å². The van der Waals surface area contributed by atoms with Crippen LogP contribution in [0, 0.1) is 0 Å². The molecule has 32 heavy (non-hydrogen) atoms. The Bertz CT molecular complexity index is 937. The molecule has 8 nitrogen and oxygen atoms in total. The van der Waals surface area contributed by atoms with Gasteiger partial charge in [-0.1, -0.05) is 0 Å². The number of ether oxygens (including phenoxy) is 2. The SMILES string of the molecule is CC(C)(C)OC(=O)N(C(=O)OC(C)(C)C)c1ccnc(Nc2ccc(C(F)(F)F)cc2)n1. The number of benzene rings is 1. The minimum Gasteiger partial charge on any atom is -0.443 e. The third kappa shape index (κ3) is 7.40. The predicted molar refractivity (Wildman–Crippen MR) is 112 cm³/mol. The number of hydrogen-bond acceptors (Lipinski definition) is 7. The number of nitrogens with one attached hydrogen (secondary N) is 1. The average Bonchev–Trinajstić information content (AvgIpc) is 2.58. The Morgan fingerprint density at radius 3 is 1.81 bits per heavy atom. The van der Waals surface area contributed by atoms with Gasteiger partial charge in [0.2, 0.25) is 5.95 Å². The molecule has 1 heterocycles. The van der Waals surface area contributed by atoms with Crippen LogP contribution in [0.1, 0.15) is 47.1 Å². The molecule has 11 heteroatoms. The summed E-state index contributed by atoms with van der Waals surface area (Å²) in [6, 6.07) is 5.52. The Labute approximate surface area is 183 Å². The van der Waals surface area contributed by atoms with Gasteiger partial charge < -0.3 is 14.8 Å². The van der Waals surface area contributed by atoms with Crippen LogP contribution in [0.25, 0.3) is 0 Å². The standard InChI is InChI=1S/C21H25F3N4O4/c1-19(2,3)31-17(29)28(18(30)32-20(4,5)6)15-11-12-25-16(27-15)26-14-9-7-13(8-10-14)21(22,23)24/h7-12H,1-6H3,(H,25,26,27). The molecular formula is C21H25F3N4O4. The topological polar surface area (TPSA) is 93.7 Å². The van der Waals surface area contributed by atoms with E-state index >= 15 is 0 Å². The lowest BCUT2D eigenvalue weighted by molar-refractivity contribution is -0.137. The van der Waals surface area contributed by atoms with E-state index in [9.17, 15) is 22.8 Å². The van der Waals surface area contributed by atoms with E-state index in [0.29, 0.717) is 4.90 Å². The van der Waals surface area contributed by atoms with Crippen molar-refractivity contribution in [3.05, 3.63) is 42.1 Å². The van der Waals surface area contributed by atoms with Gasteiger partial charge in [0.15, 0.2) is 5.82 Å². The van der Waals surface area contributed by atoms with Crippen molar-refractivity contribution < 1.29 is 32.2 Å². The van der Waals surface area contributed by atoms with Crippen LogP contribution in [0.2, 0.25) is 0 Å². The highest BCUT2D eigenvalue weighted by Gasteiger charge is 2.34. The second-order valence-corrected chi connectivity index (χ2v) is 8.73. The highest BCUT2D eigenvalue weighted by Crippen LogP contribution is 2.30. The fourth-order valence-corrected chi connectivity index (χ4v) is 2.28. The van der Waals surface area contributed by atoms with Gasteiger partial charge in [-0.3, -0.25) is 0 Å². The van der Waals surface area contributed by atoms with Gasteiger partial charge in [0.05, 0.1) is 5.56 Å². The second-order valence-electron chi connectivity index (χ2n) is 8.73. The molecule has 0 bridgehead atoms. The molecule has 1 N–H and O–H groups in total. The first kappa shape index (κ1) is 24.9. The molecule has 174 valence electrons. The highest BCUT2D eigenvalue weighted by molar-refractivity contribution is 6.08. The average molecular weight is 454 g/mol. The number of alkyl halides is 3. The first-order chi connectivity index (χ1) is 14.5. The summed E-state index contributed by atoms with van der Waals surface area (Å²) in [6.45, 7) is 9.81. The summed E-state index contributed by atoms with van der Waals surface area (Å²) in [5, 5.41) is 2.73. The molecule has 0 spiro atoms. The van der Waals surface area contributed by atoms with Crippen LogP contribution in [-0.4, -0.2) is 33.4 Å². The zero-order valence-electron chi connectivity index (χ0n) is 18.6. The van der Waals surface area contributed by atoms with Crippen LogP contribution in [-0.2, 0) is 15.7 Å². The van der Waals surface area contributed by atoms with Crippen LogP contribution in [0.15, 0.2) is 36.5 Å². The molecule has 0 saturated heterocycles. The lowest BCUT2D eigenvalue weighted by Crippen LogP contribution is -2.44. The van der Waals surface area contributed by atoms with Crippen LogP contribution in [0.4, 0.5) is 40.2 Å². The Morgan fingerprint density at radius 1 is 0.875 bits per heavy atom. The monoisotopic (exact) mass is 454 g/mol. The Balaban J connectivity index is 2.33. The number of amides is 2. The van der Waals surface area contributed by atoms with Crippen LogP contribution >= 0.6 is 0 Å². The summed E-state index contributed by atoms with van der Waals surface area (Å²) >= 11 is 0. The third-order valence-corrected chi connectivity index (χ3v) is 3.49. The maximum Gasteiger partial charge on any atom is 0.425 e. The van der Waals surface area contributed by atoms with Gasteiger partial charge in [0.1, 0.15) is 11.2 Å². The highest BCUT2D eigenvalue weighted by atomic mass is 19.4. The molecule has 0 radical (unpaired) electrons. The number of rotatable bonds is 3. The lowest BCUT2D eigenvalue weighted by Gasteiger charge is -2.28. The molecule has 0 saturated carbocycles. The Hall–Kier alpha value is -3.37. The molecule has 2 amide bonds. The molecule has 0 aliphatic heterocycles. The van der Waals surface area contributed by atoms with Gasteiger partial charge in [-0.2, -0.15) is 23.1 Å². The fraction of sp³-hybridized carbons (Fsp3) is 0.429. The summed E-state index contributed by atoms with van der Waals surface area (Å²) in [5.74, 6) is -0.197. The number of carbonyl (C=O) groups is 2. The summed E-state index contributed by atoms with van der Waals surface area (Å²) in [5.41, 5.74) is -2.33. The number of anilines is 3. The van der Waals surface area contributed by atoms with Crippen LogP contribution in [0.5, 0.6) is 0 Å². The quantitative estimate of drug-likeness (QED) is 0.616. The van der Waals surface area contributed by atoms with Crippen molar-refractivity contribution in [2.75, 3.05) is 10.2 Å². The number of imide groups is 1. The molecule has 2 aromatic rings. The largest absolute Gasteiger partial charge is 0.443 e. The van der Waals surface area contributed by atoms with Gasteiger partial charge in [-0.25, -0.2) is 14.6 Å². The van der Waals surface area contributed by atoms with Crippen molar-refractivity contribution in [3.8, 4) is 0 Å². The van der Waals surface area contributed by atoms with Gasteiger partial charge in [0, 0.05) is 18.0 Å². The number of hydrogen-bond donors (Lipinski definition) is 1. The zero-order valence-corrected chi connectivity index (χ0v) is 18.6. The second kappa shape index (κ2) is 9.01. The number of nitrogens with zero attached hydrogens (tertiary/aromatic N) is 3. The number of aromatic nitrogens is 2. The Morgan fingerprint density at radius 2 is 1.38 bits per heavy atom. The number of halogens is 3. The molecule has 1 aromatic heterocycles. The Kier molecular flexibility index (Phi) is 7.01. The van der Waals surface area contributed by atoms with Crippen molar-refractivity contribution in [3.63, 3.8) is 0 Å². The third-order valence-electron chi connectivity index (χ3n) is 3.49. The van der Waals surface area contributed by atoms with Crippen molar-refractivity contribution in [2.24, 2.45) is 0 Å². The minimum atomic E-state index is -4.46. The normalized spacial score (nSPS) is 12.2. The summed E-state index contributed by atoms with van der Waals surface area (Å²) < 4.78 is 48.8. The molecule has 2 rings (SSSR count).